The monoisotopic (exact) mass is 234 g/mol. The molecule has 0 aliphatic carbocycles. The second kappa shape index (κ2) is 4.49. The van der Waals surface area contributed by atoms with Crippen molar-refractivity contribution in [2.75, 3.05) is 5.73 Å². The summed E-state index contributed by atoms with van der Waals surface area (Å²) in [5, 5.41) is 0. The molecule has 2 nitrogen and oxygen atoms in total. The fourth-order valence-electron chi connectivity index (χ4n) is 1.65. The third-order valence-electron chi connectivity index (χ3n) is 2.69. The lowest BCUT2D eigenvalue weighted by molar-refractivity contribution is 0.556. The van der Waals surface area contributed by atoms with Crippen LogP contribution in [0.5, 0.6) is 0 Å². The maximum Gasteiger partial charge on any atom is 0.132 e. The van der Waals surface area contributed by atoms with Gasteiger partial charge in [0.25, 0.3) is 0 Å². The maximum absolute atomic E-state index is 13.8. The molecule has 1 aromatic heterocycles. The van der Waals surface area contributed by atoms with Crippen LogP contribution in [0, 0.1) is 18.6 Å². The lowest BCUT2D eigenvalue weighted by Gasteiger charge is -2.08. The number of nitrogen functional groups attached to an aromatic ring is 1. The Kier molecular flexibility index (Phi) is 3.04. The number of benzene rings is 1. The summed E-state index contributed by atoms with van der Waals surface area (Å²) >= 11 is 0. The molecule has 2 N–H and O–H groups in total. The molecule has 0 fully saturated rings. The summed E-state index contributed by atoms with van der Waals surface area (Å²) in [4.78, 5) is 3.90. The topological polar surface area (TPSA) is 38.9 Å². The summed E-state index contributed by atoms with van der Waals surface area (Å²) in [7, 11) is 0. The van der Waals surface area contributed by atoms with Gasteiger partial charge in [-0.3, -0.25) is 4.98 Å². The van der Waals surface area contributed by atoms with Crippen LogP contribution in [0.25, 0.3) is 0 Å². The highest BCUT2D eigenvalue weighted by molar-refractivity contribution is 5.47. The third-order valence-corrected chi connectivity index (χ3v) is 2.69. The summed E-state index contributed by atoms with van der Waals surface area (Å²) in [6, 6.07) is 4.29. The molecule has 0 aliphatic heterocycles. The fourth-order valence-corrected chi connectivity index (χ4v) is 1.65. The molecular weight excluding hydrogens is 222 g/mol. The molecule has 0 bridgehead atoms. The molecule has 88 valence electrons. The van der Waals surface area contributed by atoms with E-state index in [2.05, 4.69) is 4.98 Å². The van der Waals surface area contributed by atoms with Crippen molar-refractivity contribution in [3.63, 3.8) is 0 Å². The quantitative estimate of drug-likeness (QED) is 0.867. The number of aryl methyl sites for hydroxylation is 1. The highest BCUT2D eigenvalue weighted by Crippen LogP contribution is 2.21. The van der Waals surface area contributed by atoms with Crippen molar-refractivity contribution < 1.29 is 8.78 Å². The molecule has 0 aliphatic rings. The van der Waals surface area contributed by atoms with Crippen molar-refractivity contribution in [1.82, 2.24) is 4.98 Å². The van der Waals surface area contributed by atoms with Gasteiger partial charge in [0.1, 0.15) is 11.6 Å². The van der Waals surface area contributed by atoms with E-state index in [1.54, 1.807) is 19.2 Å². The van der Waals surface area contributed by atoms with Crippen molar-refractivity contribution in [3.05, 3.63) is 58.9 Å². The van der Waals surface area contributed by atoms with E-state index in [1.165, 1.54) is 18.3 Å². The van der Waals surface area contributed by atoms with E-state index in [0.29, 0.717) is 16.8 Å². The van der Waals surface area contributed by atoms with Crippen LogP contribution in [0.4, 0.5) is 14.5 Å². The van der Waals surface area contributed by atoms with Gasteiger partial charge < -0.3 is 5.73 Å². The molecule has 0 radical (unpaired) electrons. The highest BCUT2D eigenvalue weighted by atomic mass is 19.1. The molecule has 1 aromatic carbocycles. The van der Waals surface area contributed by atoms with Crippen LogP contribution in [-0.4, -0.2) is 4.98 Å². The SMILES string of the molecule is Cc1ccc(F)c(Cc2cnccc2N)c1F. The predicted octanol–water partition coefficient (Wildman–Crippen LogP) is 2.84. The number of hydrogen-bond donors (Lipinski definition) is 1. The molecule has 0 unspecified atom stereocenters. The van der Waals surface area contributed by atoms with Gasteiger partial charge in [-0.25, -0.2) is 8.78 Å². The average Bonchev–Trinajstić information content (AvgIpc) is 2.32. The average molecular weight is 234 g/mol. The lowest BCUT2D eigenvalue weighted by Crippen LogP contribution is -2.02. The maximum atomic E-state index is 13.8. The Hall–Kier alpha value is -1.97. The summed E-state index contributed by atoms with van der Waals surface area (Å²) < 4.78 is 27.3. The zero-order valence-electron chi connectivity index (χ0n) is 9.37. The summed E-state index contributed by atoms with van der Waals surface area (Å²) in [6.07, 6.45) is 3.18. The van der Waals surface area contributed by atoms with Gasteiger partial charge in [-0.2, -0.15) is 0 Å². The Labute approximate surface area is 98.1 Å². The van der Waals surface area contributed by atoms with E-state index in [1.807, 2.05) is 0 Å². The number of rotatable bonds is 2. The Balaban J connectivity index is 2.43. The zero-order valence-corrected chi connectivity index (χ0v) is 9.37. The summed E-state index contributed by atoms with van der Waals surface area (Å²) in [5.74, 6) is -1.08. The van der Waals surface area contributed by atoms with E-state index in [-0.39, 0.29) is 12.0 Å². The van der Waals surface area contributed by atoms with Crippen LogP contribution in [0.15, 0.2) is 30.6 Å². The number of anilines is 1. The lowest BCUT2D eigenvalue weighted by atomic mass is 10.0. The Morgan fingerprint density at radius 1 is 1.24 bits per heavy atom. The fraction of sp³-hybridized carbons (Fsp3) is 0.154. The van der Waals surface area contributed by atoms with Crippen LogP contribution < -0.4 is 5.73 Å². The normalized spacial score (nSPS) is 10.5. The molecule has 1 heterocycles. The van der Waals surface area contributed by atoms with Crippen LogP contribution in [0.3, 0.4) is 0 Å². The number of pyridine rings is 1. The predicted molar refractivity (Wildman–Crippen MR) is 62.6 cm³/mol. The standard InChI is InChI=1S/C13H12F2N2/c1-8-2-3-11(14)10(13(8)15)6-9-7-17-5-4-12(9)16/h2-5,7H,6H2,1H3,(H2,16,17). The highest BCUT2D eigenvalue weighted by Gasteiger charge is 2.13. The van der Waals surface area contributed by atoms with Gasteiger partial charge in [-0.05, 0) is 30.2 Å². The van der Waals surface area contributed by atoms with Crippen LogP contribution in [0.1, 0.15) is 16.7 Å². The van der Waals surface area contributed by atoms with Crippen molar-refractivity contribution >= 4 is 5.69 Å². The molecule has 4 heteroatoms. The minimum absolute atomic E-state index is 0.0321. The number of hydrogen-bond acceptors (Lipinski definition) is 2. The molecule has 0 spiro atoms. The van der Waals surface area contributed by atoms with Crippen molar-refractivity contribution in [2.24, 2.45) is 0 Å². The molecule has 0 saturated carbocycles. The minimum Gasteiger partial charge on any atom is -0.398 e. The molecular formula is C13H12F2N2. The summed E-state index contributed by atoms with van der Waals surface area (Å²) in [5.41, 5.74) is 7.28. The smallest absolute Gasteiger partial charge is 0.132 e. The van der Waals surface area contributed by atoms with Crippen molar-refractivity contribution in [2.45, 2.75) is 13.3 Å². The van der Waals surface area contributed by atoms with E-state index in [0.717, 1.165) is 0 Å². The molecule has 17 heavy (non-hydrogen) atoms. The van der Waals surface area contributed by atoms with Crippen LogP contribution in [-0.2, 0) is 6.42 Å². The van der Waals surface area contributed by atoms with Crippen molar-refractivity contribution in [1.29, 1.82) is 0 Å². The largest absolute Gasteiger partial charge is 0.398 e. The van der Waals surface area contributed by atoms with Crippen molar-refractivity contribution in [3.8, 4) is 0 Å². The number of halogens is 2. The van der Waals surface area contributed by atoms with E-state index < -0.39 is 11.6 Å². The Bertz CT molecular complexity index is 553. The van der Waals surface area contributed by atoms with Gasteiger partial charge >= 0.3 is 0 Å². The number of aromatic nitrogens is 1. The first-order valence-corrected chi connectivity index (χ1v) is 5.21. The number of nitrogens with zero attached hydrogens (tertiary/aromatic N) is 1. The van der Waals surface area contributed by atoms with E-state index in [9.17, 15) is 8.78 Å². The van der Waals surface area contributed by atoms with Gasteiger partial charge in [0.15, 0.2) is 0 Å². The van der Waals surface area contributed by atoms with E-state index in [4.69, 9.17) is 5.73 Å². The minimum atomic E-state index is -0.559. The second-order valence-electron chi connectivity index (χ2n) is 3.91. The number of nitrogens with two attached hydrogens (primary N) is 1. The third kappa shape index (κ3) is 2.25. The first-order chi connectivity index (χ1) is 8.09. The molecule has 2 rings (SSSR count). The van der Waals surface area contributed by atoms with Gasteiger partial charge in [0, 0.05) is 30.1 Å². The molecule has 0 atom stereocenters. The Morgan fingerprint density at radius 3 is 2.71 bits per heavy atom. The zero-order chi connectivity index (χ0) is 12.4. The first-order valence-electron chi connectivity index (χ1n) is 5.21. The Morgan fingerprint density at radius 2 is 2.00 bits per heavy atom. The molecule has 0 saturated heterocycles. The molecule has 2 aromatic rings. The first kappa shape index (κ1) is 11.5. The van der Waals surface area contributed by atoms with Gasteiger partial charge in [0.05, 0.1) is 0 Å². The van der Waals surface area contributed by atoms with E-state index >= 15 is 0 Å². The van der Waals surface area contributed by atoms with Gasteiger partial charge in [-0.15, -0.1) is 0 Å². The second-order valence-corrected chi connectivity index (χ2v) is 3.91. The van der Waals surface area contributed by atoms with Gasteiger partial charge in [0.2, 0.25) is 0 Å². The van der Waals surface area contributed by atoms with Crippen LogP contribution in [0.2, 0.25) is 0 Å². The van der Waals surface area contributed by atoms with Crippen LogP contribution >= 0.6 is 0 Å². The van der Waals surface area contributed by atoms with Gasteiger partial charge in [-0.1, -0.05) is 6.07 Å². The summed E-state index contributed by atoms with van der Waals surface area (Å²) in [6.45, 7) is 1.60. The molecule has 0 amide bonds.